The van der Waals surface area contributed by atoms with Crippen LogP contribution in [0.4, 0.5) is 0 Å². The first kappa shape index (κ1) is 13.3. The maximum Gasteiger partial charge on any atom is 0.0355 e. The molecule has 2 N–H and O–H groups in total. The summed E-state index contributed by atoms with van der Waals surface area (Å²) in [7, 11) is 0. The highest BCUT2D eigenvalue weighted by Crippen LogP contribution is 2.29. The molecule has 0 fully saturated rings. The molecule has 0 spiro atoms. The van der Waals surface area contributed by atoms with Crippen molar-refractivity contribution in [1.29, 1.82) is 0 Å². The number of benzene rings is 1. The molecule has 0 aliphatic heterocycles. The molecule has 2 aromatic rings. The van der Waals surface area contributed by atoms with Crippen molar-refractivity contribution in [1.82, 2.24) is 0 Å². The number of rotatable bonds is 3. The molecule has 1 heterocycles. The molecule has 0 saturated heterocycles. The Labute approximate surface area is 122 Å². The van der Waals surface area contributed by atoms with E-state index in [1.165, 1.54) is 16.0 Å². The van der Waals surface area contributed by atoms with E-state index < -0.39 is 0 Å². The lowest BCUT2D eigenvalue weighted by atomic mass is 10.0. The second-order valence-corrected chi connectivity index (χ2v) is 6.72. The minimum absolute atomic E-state index is 0.0369. The van der Waals surface area contributed by atoms with Crippen LogP contribution in [-0.4, -0.2) is 0 Å². The topological polar surface area (TPSA) is 26.0 Å². The van der Waals surface area contributed by atoms with E-state index in [0.29, 0.717) is 0 Å². The molecule has 0 saturated carbocycles. The van der Waals surface area contributed by atoms with Gasteiger partial charge in [0.05, 0.1) is 0 Å². The Hall–Kier alpha value is -0.160. The number of hydrogen-bond acceptors (Lipinski definition) is 2. The van der Waals surface area contributed by atoms with Gasteiger partial charge < -0.3 is 5.73 Å². The lowest BCUT2D eigenvalue weighted by Gasteiger charge is -2.14. The third-order valence-electron chi connectivity index (χ3n) is 2.66. The van der Waals surface area contributed by atoms with Gasteiger partial charge in [0.2, 0.25) is 0 Å². The zero-order chi connectivity index (χ0) is 12.4. The minimum atomic E-state index is 0.0369. The SMILES string of the molecule is Cc1cccc(C(N)Cc2cc(Br)cs2)c1Br. The first-order valence-electron chi connectivity index (χ1n) is 5.31. The molecule has 0 radical (unpaired) electrons. The van der Waals surface area contributed by atoms with Crippen molar-refractivity contribution in [3.8, 4) is 0 Å². The van der Waals surface area contributed by atoms with Crippen LogP contribution in [0.2, 0.25) is 0 Å². The van der Waals surface area contributed by atoms with Crippen LogP contribution in [0.3, 0.4) is 0 Å². The van der Waals surface area contributed by atoms with Crippen LogP contribution in [0.15, 0.2) is 38.6 Å². The molecule has 1 aromatic heterocycles. The van der Waals surface area contributed by atoms with Gasteiger partial charge in [-0.1, -0.05) is 34.1 Å². The summed E-state index contributed by atoms with van der Waals surface area (Å²) in [4.78, 5) is 1.30. The van der Waals surface area contributed by atoms with Gasteiger partial charge in [-0.05, 0) is 40.0 Å². The Balaban J connectivity index is 2.20. The second-order valence-electron chi connectivity index (χ2n) is 4.02. The smallest absolute Gasteiger partial charge is 0.0355 e. The summed E-state index contributed by atoms with van der Waals surface area (Å²) in [6, 6.07) is 8.40. The fraction of sp³-hybridized carbons (Fsp3) is 0.231. The fourth-order valence-electron chi connectivity index (χ4n) is 1.74. The predicted octanol–water partition coefficient (Wildman–Crippen LogP) is 4.82. The van der Waals surface area contributed by atoms with Gasteiger partial charge in [0, 0.05) is 31.7 Å². The first-order valence-corrected chi connectivity index (χ1v) is 7.78. The molecular weight excluding hydrogens is 362 g/mol. The predicted molar refractivity (Wildman–Crippen MR) is 81.5 cm³/mol. The summed E-state index contributed by atoms with van der Waals surface area (Å²) in [6.45, 7) is 2.09. The van der Waals surface area contributed by atoms with Crippen molar-refractivity contribution in [3.63, 3.8) is 0 Å². The van der Waals surface area contributed by atoms with Gasteiger partial charge >= 0.3 is 0 Å². The molecule has 0 bridgehead atoms. The molecule has 4 heteroatoms. The van der Waals surface area contributed by atoms with Gasteiger partial charge in [-0.15, -0.1) is 11.3 Å². The third kappa shape index (κ3) is 3.19. The fourth-order valence-corrected chi connectivity index (χ4v) is 3.81. The lowest BCUT2D eigenvalue weighted by Crippen LogP contribution is -2.13. The Bertz CT molecular complexity index is 522. The summed E-state index contributed by atoms with van der Waals surface area (Å²) in [5.41, 5.74) is 8.67. The van der Waals surface area contributed by atoms with E-state index in [-0.39, 0.29) is 6.04 Å². The van der Waals surface area contributed by atoms with Gasteiger partial charge in [0.1, 0.15) is 0 Å². The van der Waals surface area contributed by atoms with E-state index in [1.807, 2.05) is 0 Å². The first-order chi connectivity index (χ1) is 8.08. The van der Waals surface area contributed by atoms with Crippen molar-refractivity contribution in [2.24, 2.45) is 5.73 Å². The van der Waals surface area contributed by atoms with Gasteiger partial charge in [-0.25, -0.2) is 0 Å². The Morgan fingerprint density at radius 3 is 2.76 bits per heavy atom. The van der Waals surface area contributed by atoms with Crippen molar-refractivity contribution < 1.29 is 0 Å². The maximum absolute atomic E-state index is 6.27. The number of aryl methyl sites for hydroxylation is 1. The molecule has 1 atom stereocenters. The normalized spacial score (nSPS) is 12.7. The van der Waals surface area contributed by atoms with E-state index in [0.717, 1.165) is 15.4 Å². The van der Waals surface area contributed by atoms with Gasteiger partial charge in [0.15, 0.2) is 0 Å². The zero-order valence-corrected chi connectivity index (χ0v) is 13.4. The molecule has 1 unspecified atom stereocenters. The molecule has 0 aliphatic rings. The van der Waals surface area contributed by atoms with E-state index in [4.69, 9.17) is 5.73 Å². The van der Waals surface area contributed by atoms with Gasteiger partial charge in [-0.2, -0.15) is 0 Å². The van der Waals surface area contributed by atoms with Crippen LogP contribution in [0.5, 0.6) is 0 Å². The summed E-state index contributed by atoms with van der Waals surface area (Å²) in [5, 5.41) is 2.09. The van der Waals surface area contributed by atoms with Crippen molar-refractivity contribution >= 4 is 43.2 Å². The maximum atomic E-state index is 6.27. The monoisotopic (exact) mass is 373 g/mol. The molecule has 0 amide bonds. The van der Waals surface area contributed by atoms with Crippen LogP contribution in [0.25, 0.3) is 0 Å². The molecule has 1 aromatic carbocycles. The highest BCUT2D eigenvalue weighted by atomic mass is 79.9. The third-order valence-corrected chi connectivity index (χ3v) is 5.47. The van der Waals surface area contributed by atoms with Gasteiger partial charge in [0.25, 0.3) is 0 Å². The standard InChI is InChI=1S/C13H13Br2NS/c1-8-3-2-4-11(13(8)15)12(16)6-10-5-9(14)7-17-10/h2-5,7,12H,6,16H2,1H3. The summed E-state index contributed by atoms with van der Waals surface area (Å²) in [5.74, 6) is 0. The van der Waals surface area contributed by atoms with Crippen LogP contribution in [0.1, 0.15) is 22.0 Å². The highest BCUT2D eigenvalue weighted by molar-refractivity contribution is 9.10. The van der Waals surface area contributed by atoms with Crippen LogP contribution in [0, 0.1) is 6.92 Å². The minimum Gasteiger partial charge on any atom is -0.324 e. The number of halogens is 2. The quantitative estimate of drug-likeness (QED) is 0.818. The Morgan fingerprint density at radius 1 is 1.35 bits per heavy atom. The molecular formula is C13H13Br2NS. The molecule has 2 rings (SSSR count). The van der Waals surface area contributed by atoms with E-state index in [1.54, 1.807) is 11.3 Å². The average molecular weight is 375 g/mol. The largest absolute Gasteiger partial charge is 0.324 e. The second kappa shape index (κ2) is 5.65. The van der Waals surface area contributed by atoms with Crippen LogP contribution >= 0.6 is 43.2 Å². The van der Waals surface area contributed by atoms with Gasteiger partial charge in [-0.3, -0.25) is 0 Å². The molecule has 17 heavy (non-hydrogen) atoms. The average Bonchev–Trinajstić information content (AvgIpc) is 2.68. The van der Waals surface area contributed by atoms with E-state index in [2.05, 4.69) is 68.4 Å². The zero-order valence-electron chi connectivity index (χ0n) is 9.41. The number of thiophene rings is 1. The lowest BCUT2D eigenvalue weighted by molar-refractivity contribution is 0.725. The molecule has 0 aliphatic carbocycles. The van der Waals surface area contributed by atoms with Crippen molar-refractivity contribution in [3.05, 3.63) is 54.6 Å². The molecule has 1 nitrogen and oxygen atoms in total. The Morgan fingerprint density at radius 2 is 2.12 bits per heavy atom. The number of nitrogens with two attached hydrogens (primary N) is 1. The Kier molecular flexibility index (Phi) is 4.42. The van der Waals surface area contributed by atoms with Crippen LogP contribution < -0.4 is 5.73 Å². The van der Waals surface area contributed by atoms with Crippen LogP contribution in [-0.2, 0) is 6.42 Å². The summed E-state index contributed by atoms with van der Waals surface area (Å²) in [6.07, 6.45) is 0.873. The molecule has 90 valence electrons. The van der Waals surface area contributed by atoms with E-state index >= 15 is 0 Å². The summed E-state index contributed by atoms with van der Waals surface area (Å²) < 4.78 is 2.26. The highest BCUT2D eigenvalue weighted by Gasteiger charge is 2.12. The van der Waals surface area contributed by atoms with Crippen molar-refractivity contribution in [2.75, 3.05) is 0 Å². The number of hydrogen-bond donors (Lipinski definition) is 1. The van der Waals surface area contributed by atoms with Crippen molar-refractivity contribution in [2.45, 2.75) is 19.4 Å². The summed E-state index contributed by atoms with van der Waals surface area (Å²) >= 11 is 8.82. The van der Waals surface area contributed by atoms with E-state index in [9.17, 15) is 0 Å².